The highest BCUT2D eigenvalue weighted by Gasteiger charge is 2.29. The maximum atomic E-state index is 9.22. The topological polar surface area (TPSA) is 64.5 Å². The number of nitriles is 1. The molecule has 6 heteroatoms. The van der Waals surface area contributed by atoms with Crippen molar-refractivity contribution in [2.45, 2.75) is 31.2 Å². The molecule has 25 heavy (non-hydrogen) atoms. The van der Waals surface area contributed by atoms with Crippen molar-refractivity contribution in [3.63, 3.8) is 0 Å². The maximum Gasteiger partial charge on any atom is 0.201 e. The summed E-state index contributed by atoms with van der Waals surface area (Å²) in [7, 11) is 0. The maximum absolute atomic E-state index is 9.22. The summed E-state index contributed by atoms with van der Waals surface area (Å²) in [6, 6.07) is 13.9. The van der Waals surface area contributed by atoms with Gasteiger partial charge >= 0.3 is 0 Å². The number of aromatic amines is 1. The molecule has 0 radical (unpaired) electrons. The molecule has 4 rings (SSSR count). The van der Waals surface area contributed by atoms with Crippen LogP contribution in [-0.2, 0) is 0 Å². The van der Waals surface area contributed by atoms with Gasteiger partial charge in [-0.25, -0.2) is 4.98 Å². The van der Waals surface area contributed by atoms with E-state index >= 15 is 0 Å². The van der Waals surface area contributed by atoms with E-state index in [1.54, 1.807) is 6.07 Å². The summed E-state index contributed by atoms with van der Waals surface area (Å²) >= 11 is 12.2. The average molecular weight is 371 g/mol. The number of halogens is 2. The second-order valence-corrected chi connectivity index (χ2v) is 7.18. The SMILES string of the molecule is N#Cc1cccc2[nH]c(NC3CCC[C@@H]3c3ccc(Cl)c(Cl)c3)nc12. The Morgan fingerprint density at radius 1 is 1.16 bits per heavy atom. The molecule has 0 bridgehead atoms. The van der Waals surface area contributed by atoms with Crippen molar-refractivity contribution >= 4 is 40.2 Å². The number of nitrogens with one attached hydrogen (secondary N) is 2. The molecule has 3 aromatic rings. The number of anilines is 1. The van der Waals surface area contributed by atoms with Gasteiger partial charge in [-0.05, 0) is 42.7 Å². The normalized spacial score (nSPS) is 19.9. The van der Waals surface area contributed by atoms with Gasteiger partial charge in [0.1, 0.15) is 11.6 Å². The van der Waals surface area contributed by atoms with Gasteiger partial charge in [0, 0.05) is 12.0 Å². The van der Waals surface area contributed by atoms with Crippen LogP contribution in [0.25, 0.3) is 11.0 Å². The first-order valence-electron chi connectivity index (χ1n) is 8.26. The Morgan fingerprint density at radius 3 is 2.84 bits per heavy atom. The monoisotopic (exact) mass is 370 g/mol. The predicted octanol–water partition coefficient (Wildman–Crippen LogP) is 5.49. The van der Waals surface area contributed by atoms with E-state index in [4.69, 9.17) is 23.2 Å². The summed E-state index contributed by atoms with van der Waals surface area (Å²) in [5.41, 5.74) is 3.34. The van der Waals surface area contributed by atoms with Crippen molar-refractivity contribution in [3.8, 4) is 6.07 Å². The van der Waals surface area contributed by atoms with Crippen LogP contribution in [0.4, 0.5) is 5.95 Å². The van der Waals surface area contributed by atoms with E-state index in [0.29, 0.717) is 33.0 Å². The van der Waals surface area contributed by atoms with Crippen LogP contribution in [0.2, 0.25) is 10.0 Å². The minimum Gasteiger partial charge on any atom is -0.352 e. The smallest absolute Gasteiger partial charge is 0.201 e. The number of imidazole rings is 1. The van der Waals surface area contributed by atoms with Gasteiger partial charge in [-0.15, -0.1) is 0 Å². The van der Waals surface area contributed by atoms with Gasteiger partial charge in [-0.3, -0.25) is 0 Å². The number of hydrogen-bond donors (Lipinski definition) is 2. The van der Waals surface area contributed by atoms with E-state index in [1.165, 1.54) is 5.56 Å². The van der Waals surface area contributed by atoms with Gasteiger partial charge in [0.2, 0.25) is 5.95 Å². The molecule has 0 aliphatic heterocycles. The van der Waals surface area contributed by atoms with Gasteiger partial charge in [-0.2, -0.15) is 5.26 Å². The van der Waals surface area contributed by atoms with Crippen molar-refractivity contribution < 1.29 is 0 Å². The molecule has 1 aromatic heterocycles. The van der Waals surface area contributed by atoms with Gasteiger partial charge in [-0.1, -0.05) is 41.8 Å². The average Bonchev–Trinajstić information content (AvgIpc) is 3.23. The van der Waals surface area contributed by atoms with E-state index in [9.17, 15) is 5.26 Å². The Labute approximate surface area is 155 Å². The lowest BCUT2D eigenvalue weighted by Crippen LogP contribution is -2.23. The minimum absolute atomic E-state index is 0.267. The Kier molecular flexibility index (Phi) is 4.29. The Balaban J connectivity index is 1.61. The minimum atomic E-state index is 0.267. The summed E-state index contributed by atoms with van der Waals surface area (Å²) < 4.78 is 0. The van der Waals surface area contributed by atoms with Crippen molar-refractivity contribution in [1.82, 2.24) is 9.97 Å². The molecule has 0 spiro atoms. The fourth-order valence-corrected chi connectivity index (χ4v) is 3.95. The van der Waals surface area contributed by atoms with E-state index in [0.717, 1.165) is 24.8 Å². The molecule has 1 aliphatic carbocycles. The van der Waals surface area contributed by atoms with Crippen molar-refractivity contribution in [1.29, 1.82) is 5.26 Å². The van der Waals surface area contributed by atoms with Crippen LogP contribution in [0.5, 0.6) is 0 Å². The first kappa shape index (κ1) is 16.3. The molecule has 1 saturated carbocycles. The number of para-hydroxylation sites is 1. The summed E-state index contributed by atoms with van der Waals surface area (Å²) in [5, 5.41) is 13.9. The van der Waals surface area contributed by atoms with E-state index < -0.39 is 0 Å². The largest absolute Gasteiger partial charge is 0.352 e. The van der Waals surface area contributed by atoms with Crippen LogP contribution in [0.15, 0.2) is 36.4 Å². The molecule has 1 heterocycles. The molecule has 4 nitrogen and oxygen atoms in total. The summed E-state index contributed by atoms with van der Waals surface area (Å²) in [6.45, 7) is 0. The zero-order chi connectivity index (χ0) is 17.4. The van der Waals surface area contributed by atoms with Gasteiger partial charge < -0.3 is 10.3 Å². The quantitative estimate of drug-likeness (QED) is 0.640. The van der Waals surface area contributed by atoms with Crippen molar-refractivity contribution in [3.05, 3.63) is 57.6 Å². The first-order chi connectivity index (χ1) is 12.2. The number of hydrogen-bond acceptors (Lipinski definition) is 3. The van der Waals surface area contributed by atoms with Crippen LogP contribution in [0.1, 0.15) is 36.3 Å². The molecule has 2 N–H and O–H groups in total. The zero-order valence-electron chi connectivity index (χ0n) is 13.4. The van der Waals surface area contributed by atoms with E-state index in [1.807, 2.05) is 30.3 Å². The third-order valence-electron chi connectivity index (χ3n) is 4.84. The fraction of sp³-hybridized carbons (Fsp3) is 0.263. The lowest BCUT2D eigenvalue weighted by molar-refractivity contribution is 0.646. The van der Waals surface area contributed by atoms with Gasteiger partial charge in [0.25, 0.3) is 0 Å². The fourth-order valence-electron chi connectivity index (χ4n) is 3.64. The van der Waals surface area contributed by atoms with Crippen LogP contribution >= 0.6 is 23.2 Å². The molecule has 2 atom stereocenters. The standard InChI is InChI=1S/C19H16Cl2N4/c20-14-8-7-11(9-15(14)21)13-4-2-5-16(13)23-19-24-17-6-1-3-12(10-22)18(17)25-19/h1,3,6-9,13,16H,2,4-5H2,(H2,23,24,25)/t13-,16?/m1/s1. The molecular formula is C19H16Cl2N4. The van der Waals surface area contributed by atoms with Crippen LogP contribution in [-0.4, -0.2) is 16.0 Å². The van der Waals surface area contributed by atoms with E-state index in [2.05, 4.69) is 21.4 Å². The van der Waals surface area contributed by atoms with Crippen molar-refractivity contribution in [2.24, 2.45) is 0 Å². The summed E-state index contributed by atoms with van der Waals surface area (Å²) in [4.78, 5) is 7.84. The highest BCUT2D eigenvalue weighted by molar-refractivity contribution is 6.42. The molecule has 0 amide bonds. The lowest BCUT2D eigenvalue weighted by atomic mass is 9.94. The molecular weight excluding hydrogens is 355 g/mol. The molecule has 1 aliphatic rings. The number of benzene rings is 2. The second kappa shape index (κ2) is 6.59. The van der Waals surface area contributed by atoms with Crippen LogP contribution in [0, 0.1) is 11.3 Å². The van der Waals surface area contributed by atoms with Gasteiger partial charge in [0.05, 0.1) is 21.1 Å². The molecule has 126 valence electrons. The van der Waals surface area contributed by atoms with E-state index in [-0.39, 0.29) is 6.04 Å². The highest BCUT2D eigenvalue weighted by atomic mass is 35.5. The first-order valence-corrected chi connectivity index (χ1v) is 9.01. The molecule has 0 saturated heterocycles. The summed E-state index contributed by atoms with van der Waals surface area (Å²) in [6.07, 6.45) is 3.30. The predicted molar refractivity (Wildman–Crippen MR) is 101 cm³/mol. The third-order valence-corrected chi connectivity index (χ3v) is 5.58. The second-order valence-electron chi connectivity index (χ2n) is 6.36. The number of fused-ring (bicyclic) bond motifs is 1. The molecule has 2 aromatic carbocycles. The number of H-pyrrole nitrogens is 1. The Hall–Kier alpha value is -2.22. The Morgan fingerprint density at radius 2 is 2.04 bits per heavy atom. The Bertz CT molecular complexity index is 973. The molecule has 1 unspecified atom stereocenters. The third kappa shape index (κ3) is 3.06. The van der Waals surface area contributed by atoms with Crippen molar-refractivity contribution in [2.75, 3.05) is 5.32 Å². The molecule has 1 fully saturated rings. The zero-order valence-corrected chi connectivity index (χ0v) is 14.9. The van der Waals surface area contributed by atoms with Gasteiger partial charge in [0.15, 0.2) is 0 Å². The number of nitrogens with zero attached hydrogens (tertiary/aromatic N) is 2. The van der Waals surface area contributed by atoms with Crippen LogP contribution in [0.3, 0.4) is 0 Å². The number of rotatable bonds is 3. The highest BCUT2D eigenvalue weighted by Crippen LogP contribution is 2.38. The lowest BCUT2D eigenvalue weighted by Gasteiger charge is -2.21. The summed E-state index contributed by atoms with van der Waals surface area (Å²) in [5.74, 6) is 1.06. The van der Waals surface area contributed by atoms with Crippen LogP contribution < -0.4 is 5.32 Å². The number of aromatic nitrogens is 2.